The summed E-state index contributed by atoms with van der Waals surface area (Å²) in [5.74, 6) is -0.563. The second-order valence-corrected chi connectivity index (χ2v) is 5.48. The standard InChI is InChI=1S/C16H14ClFN2O/c17-15-11(2-1-3-14(15)18)9-20-7-6-10-4-5-12(19)8-13(10)16(20)21/h1-5,8H,6-7,9,19H2. The Morgan fingerprint density at radius 1 is 1.29 bits per heavy atom. The molecule has 0 fully saturated rings. The third-order valence-electron chi connectivity index (χ3n) is 3.70. The third-order valence-corrected chi connectivity index (χ3v) is 4.12. The molecule has 0 saturated carbocycles. The van der Waals surface area contributed by atoms with E-state index < -0.39 is 5.82 Å². The highest BCUT2D eigenvalue weighted by molar-refractivity contribution is 6.31. The number of nitrogens with two attached hydrogens (primary N) is 1. The molecule has 0 bridgehead atoms. The van der Waals surface area contributed by atoms with Gasteiger partial charge < -0.3 is 10.6 Å². The van der Waals surface area contributed by atoms with Crippen LogP contribution in [0.1, 0.15) is 21.5 Å². The van der Waals surface area contributed by atoms with E-state index in [2.05, 4.69) is 0 Å². The van der Waals surface area contributed by atoms with Crippen LogP contribution in [0.3, 0.4) is 0 Å². The molecule has 0 saturated heterocycles. The largest absolute Gasteiger partial charge is 0.399 e. The van der Waals surface area contributed by atoms with E-state index in [1.54, 1.807) is 29.2 Å². The van der Waals surface area contributed by atoms with Gasteiger partial charge in [-0.3, -0.25) is 4.79 Å². The Labute approximate surface area is 127 Å². The molecular formula is C16H14ClFN2O. The molecule has 2 aromatic carbocycles. The first-order chi connectivity index (χ1) is 10.1. The quantitative estimate of drug-likeness (QED) is 0.866. The predicted molar refractivity (Wildman–Crippen MR) is 80.7 cm³/mol. The van der Waals surface area contributed by atoms with Crippen LogP contribution in [0.2, 0.25) is 5.02 Å². The number of hydrogen-bond donors (Lipinski definition) is 1. The molecule has 2 N–H and O–H groups in total. The van der Waals surface area contributed by atoms with Gasteiger partial charge in [0.1, 0.15) is 5.82 Å². The van der Waals surface area contributed by atoms with Crippen molar-refractivity contribution in [3.63, 3.8) is 0 Å². The summed E-state index contributed by atoms with van der Waals surface area (Å²) in [5.41, 5.74) is 8.53. The maximum Gasteiger partial charge on any atom is 0.254 e. The first kappa shape index (κ1) is 13.9. The van der Waals surface area contributed by atoms with Gasteiger partial charge >= 0.3 is 0 Å². The fraction of sp³-hybridized carbons (Fsp3) is 0.188. The third kappa shape index (κ3) is 2.59. The van der Waals surface area contributed by atoms with Crippen LogP contribution in [0.5, 0.6) is 0 Å². The van der Waals surface area contributed by atoms with Crippen molar-refractivity contribution in [1.29, 1.82) is 0 Å². The predicted octanol–water partition coefficient (Wildman–Crippen LogP) is 3.26. The zero-order chi connectivity index (χ0) is 15.0. The van der Waals surface area contributed by atoms with E-state index in [0.29, 0.717) is 29.9 Å². The summed E-state index contributed by atoms with van der Waals surface area (Å²) in [5, 5.41) is 0.0728. The highest BCUT2D eigenvalue weighted by atomic mass is 35.5. The average Bonchev–Trinajstić information content (AvgIpc) is 2.47. The number of nitrogens with zero attached hydrogens (tertiary/aromatic N) is 1. The molecule has 1 heterocycles. The van der Waals surface area contributed by atoms with Gasteiger partial charge in [-0.25, -0.2) is 4.39 Å². The minimum atomic E-state index is -0.469. The lowest BCUT2D eigenvalue weighted by atomic mass is 9.98. The maximum atomic E-state index is 13.5. The SMILES string of the molecule is Nc1ccc2c(c1)C(=O)N(Cc1cccc(F)c1Cl)CC2. The maximum absolute atomic E-state index is 13.5. The number of halogens is 2. The first-order valence-corrected chi connectivity index (χ1v) is 7.04. The van der Waals surface area contributed by atoms with Crippen molar-refractivity contribution < 1.29 is 9.18 Å². The summed E-state index contributed by atoms with van der Waals surface area (Å²) in [6.07, 6.45) is 0.758. The number of rotatable bonds is 2. The summed E-state index contributed by atoms with van der Waals surface area (Å²) >= 11 is 5.95. The number of carbonyl (C=O) groups excluding carboxylic acids is 1. The molecule has 0 unspecified atom stereocenters. The minimum Gasteiger partial charge on any atom is -0.399 e. The smallest absolute Gasteiger partial charge is 0.254 e. The molecule has 1 aliphatic rings. The number of amides is 1. The van der Waals surface area contributed by atoms with Crippen LogP contribution in [0, 0.1) is 5.82 Å². The Balaban J connectivity index is 1.88. The molecule has 5 heteroatoms. The molecule has 0 atom stereocenters. The van der Waals surface area contributed by atoms with Gasteiger partial charge in [-0.15, -0.1) is 0 Å². The van der Waals surface area contributed by atoms with Gasteiger partial charge in [0.15, 0.2) is 0 Å². The van der Waals surface area contributed by atoms with Gasteiger partial charge in [0.25, 0.3) is 5.91 Å². The summed E-state index contributed by atoms with van der Waals surface area (Å²) < 4.78 is 13.5. The Bertz CT molecular complexity index is 717. The molecule has 0 aliphatic carbocycles. The van der Waals surface area contributed by atoms with Crippen molar-refractivity contribution in [3.8, 4) is 0 Å². The van der Waals surface area contributed by atoms with Crippen molar-refractivity contribution in [2.24, 2.45) is 0 Å². The number of carbonyl (C=O) groups is 1. The normalized spacial score (nSPS) is 14.2. The Kier molecular flexibility index (Phi) is 3.55. The molecule has 2 aromatic rings. The molecule has 3 rings (SSSR count). The van der Waals surface area contributed by atoms with Crippen LogP contribution in [0.25, 0.3) is 0 Å². The van der Waals surface area contributed by atoms with Gasteiger partial charge in [-0.1, -0.05) is 29.8 Å². The van der Waals surface area contributed by atoms with Gasteiger partial charge in [-0.2, -0.15) is 0 Å². The van der Waals surface area contributed by atoms with Crippen LogP contribution in [0.15, 0.2) is 36.4 Å². The van der Waals surface area contributed by atoms with Crippen LogP contribution in [-0.2, 0) is 13.0 Å². The van der Waals surface area contributed by atoms with Crippen LogP contribution in [-0.4, -0.2) is 17.4 Å². The lowest BCUT2D eigenvalue weighted by Gasteiger charge is -2.29. The molecule has 108 valence electrons. The number of nitrogen functional groups attached to an aromatic ring is 1. The lowest BCUT2D eigenvalue weighted by Crippen LogP contribution is -2.37. The fourth-order valence-electron chi connectivity index (χ4n) is 2.57. The summed E-state index contributed by atoms with van der Waals surface area (Å²) in [6.45, 7) is 0.881. The number of anilines is 1. The highest BCUT2D eigenvalue weighted by Gasteiger charge is 2.25. The molecule has 0 spiro atoms. The van der Waals surface area contributed by atoms with E-state index >= 15 is 0 Å². The summed E-state index contributed by atoms with van der Waals surface area (Å²) in [4.78, 5) is 14.2. The zero-order valence-corrected chi connectivity index (χ0v) is 12.0. The Morgan fingerprint density at radius 3 is 2.90 bits per heavy atom. The monoisotopic (exact) mass is 304 g/mol. The molecule has 0 radical (unpaired) electrons. The zero-order valence-electron chi connectivity index (χ0n) is 11.3. The van der Waals surface area contributed by atoms with E-state index in [1.165, 1.54) is 6.07 Å². The van der Waals surface area contributed by atoms with Gasteiger partial charge in [0, 0.05) is 24.3 Å². The van der Waals surface area contributed by atoms with Crippen LogP contribution in [0.4, 0.5) is 10.1 Å². The topological polar surface area (TPSA) is 46.3 Å². The molecule has 3 nitrogen and oxygen atoms in total. The van der Waals surface area contributed by atoms with E-state index in [1.807, 2.05) is 6.07 Å². The lowest BCUT2D eigenvalue weighted by molar-refractivity contribution is 0.0727. The molecule has 1 amide bonds. The average molecular weight is 305 g/mol. The second kappa shape index (κ2) is 5.37. The van der Waals surface area contributed by atoms with Crippen LogP contribution < -0.4 is 5.73 Å². The van der Waals surface area contributed by atoms with Gasteiger partial charge in [0.2, 0.25) is 0 Å². The van der Waals surface area contributed by atoms with E-state index in [-0.39, 0.29) is 10.9 Å². The van der Waals surface area contributed by atoms with E-state index in [4.69, 9.17) is 17.3 Å². The highest BCUT2D eigenvalue weighted by Crippen LogP contribution is 2.26. The van der Waals surface area contributed by atoms with Gasteiger partial charge in [-0.05, 0) is 35.7 Å². The number of benzene rings is 2. The Hall–Kier alpha value is -2.07. The van der Waals surface area contributed by atoms with Crippen molar-refractivity contribution >= 4 is 23.2 Å². The summed E-state index contributed by atoms with van der Waals surface area (Å²) in [7, 11) is 0. The first-order valence-electron chi connectivity index (χ1n) is 6.67. The number of fused-ring (bicyclic) bond motifs is 1. The minimum absolute atomic E-state index is 0.0728. The fourth-order valence-corrected chi connectivity index (χ4v) is 2.75. The Morgan fingerprint density at radius 2 is 2.10 bits per heavy atom. The van der Waals surface area contributed by atoms with E-state index in [9.17, 15) is 9.18 Å². The van der Waals surface area contributed by atoms with E-state index in [0.717, 1.165) is 12.0 Å². The molecule has 0 aromatic heterocycles. The van der Waals surface area contributed by atoms with Gasteiger partial charge in [0.05, 0.1) is 5.02 Å². The molecule has 21 heavy (non-hydrogen) atoms. The van der Waals surface area contributed by atoms with Crippen molar-refractivity contribution in [3.05, 3.63) is 63.9 Å². The molecular weight excluding hydrogens is 291 g/mol. The number of hydrogen-bond acceptors (Lipinski definition) is 2. The van der Waals surface area contributed by atoms with Crippen molar-refractivity contribution in [2.45, 2.75) is 13.0 Å². The molecule has 1 aliphatic heterocycles. The summed E-state index contributed by atoms with van der Waals surface area (Å²) in [6, 6.07) is 10.0. The van der Waals surface area contributed by atoms with Crippen molar-refractivity contribution in [2.75, 3.05) is 12.3 Å². The van der Waals surface area contributed by atoms with Crippen LogP contribution >= 0.6 is 11.6 Å². The second-order valence-electron chi connectivity index (χ2n) is 5.11. The van der Waals surface area contributed by atoms with Crippen molar-refractivity contribution in [1.82, 2.24) is 4.90 Å².